The zero-order valence-corrected chi connectivity index (χ0v) is 9.63. The van der Waals surface area contributed by atoms with Crippen molar-refractivity contribution >= 4 is 24.2 Å². The number of amides is 1. The second-order valence-corrected chi connectivity index (χ2v) is 3.53. The van der Waals surface area contributed by atoms with E-state index < -0.39 is 0 Å². The highest BCUT2D eigenvalue weighted by Gasteiger charge is 2.05. The number of carbonyl (C=O) groups is 1. The van der Waals surface area contributed by atoms with E-state index in [-0.39, 0.29) is 5.91 Å². The zero-order valence-electron chi connectivity index (χ0n) is 8.74. The van der Waals surface area contributed by atoms with Gasteiger partial charge in [-0.3, -0.25) is 4.79 Å². The van der Waals surface area contributed by atoms with Crippen molar-refractivity contribution in [2.45, 2.75) is 5.16 Å². The van der Waals surface area contributed by atoms with E-state index >= 15 is 0 Å². The Morgan fingerprint density at radius 2 is 2.35 bits per heavy atom. The average molecular weight is 247 g/mol. The molecule has 1 aromatic carbocycles. The Bertz CT molecular complexity index is 565. The molecule has 0 radical (unpaired) electrons. The molecule has 0 saturated carbocycles. The number of tetrazole rings is 1. The number of nitrogens with zero attached hydrogens (tertiary/aromatic N) is 4. The largest absolute Gasteiger partial charge is 0.322 e. The summed E-state index contributed by atoms with van der Waals surface area (Å²) in [6, 6.07) is 7.08. The van der Waals surface area contributed by atoms with Gasteiger partial charge in [0.15, 0.2) is 0 Å². The third-order valence-electron chi connectivity index (χ3n) is 2.00. The molecule has 1 amide bonds. The lowest BCUT2D eigenvalue weighted by molar-refractivity contribution is -0.111. The maximum Gasteiger partial charge on any atom is 0.247 e. The van der Waals surface area contributed by atoms with Gasteiger partial charge in [-0.15, -0.1) is 17.7 Å². The van der Waals surface area contributed by atoms with Crippen LogP contribution in [0.4, 0.5) is 5.69 Å². The number of anilines is 1. The van der Waals surface area contributed by atoms with Gasteiger partial charge in [-0.2, -0.15) is 4.68 Å². The van der Waals surface area contributed by atoms with E-state index in [0.29, 0.717) is 16.5 Å². The molecule has 1 aromatic heterocycles. The number of rotatable bonds is 3. The summed E-state index contributed by atoms with van der Waals surface area (Å²) in [6.45, 7) is 3.38. The third-order valence-corrected chi connectivity index (χ3v) is 2.28. The van der Waals surface area contributed by atoms with Crippen LogP contribution in [-0.2, 0) is 4.79 Å². The minimum absolute atomic E-state index is 0.273. The lowest BCUT2D eigenvalue weighted by atomic mass is 10.3. The average Bonchev–Trinajstić information content (AvgIpc) is 2.75. The molecule has 7 heteroatoms. The van der Waals surface area contributed by atoms with Crippen LogP contribution in [0.25, 0.3) is 5.69 Å². The summed E-state index contributed by atoms with van der Waals surface area (Å²) in [6.07, 6.45) is 1.20. The molecule has 0 aliphatic rings. The fourth-order valence-electron chi connectivity index (χ4n) is 1.26. The van der Waals surface area contributed by atoms with Crippen LogP contribution in [0.5, 0.6) is 0 Å². The molecule has 17 heavy (non-hydrogen) atoms. The minimum Gasteiger partial charge on any atom is -0.322 e. The summed E-state index contributed by atoms with van der Waals surface area (Å²) < 4.78 is 1.45. The first kappa shape index (κ1) is 11.3. The monoisotopic (exact) mass is 247 g/mol. The van der Waals surface area contributed by atoms with Crippen molar-refractivity contribution in [3.63, 3.8) is 0 Å². The van der Waals surface area contributed by atoms with Gasteiger partial charge < -0.3 is 5.32 Å². The van der Waals surface area contributed by atoms with Crippen LogP contribution in [0.1, 0.15) is 0 Å². The summed E-state index contributed by atoms with van der Waals surface area (Å²) in [5.74, 6) is -0.273. The van der Waals surface area contributed by atoms with E-state index in [1.54, 1.807) is 24.3 Å². The molecule has 6 nitrogen and oxygen atoms in total. The third kappa shape index (κ3) is 2.51. The molecule has 0 saturated heterocycles. The number of carbonyl (C=O) groups excluding carboxylic acids is 1. The van der Waals surface area contributed by atoms with Crippen molar-refractivity contribution in [3.05, 3.63) is 36.9 Å². The van der Waals surface area contributed by atoms with Crippen molar-refractivity contribution < 1.29 is 4.79 Å². The molecular weight excluding hydrogens is 238 g/mol. The molecule has 2 aromatic rings. The number of hydrogen-bond acceptors (Lipinski definition) is 5. The van der Waals surface area contributed by atoms with Crippen LogP contribution >= 0.6 is 12.6 Å². The number of benzene rings is 1. The second-order valence-electron chi connectivity index (χ2n) is 3.13. The highest BCUT2D eigenvalue weighted by atomic mass is 32.1. The van der Waals surface area contributed by atoms with Gasteiger partial charge in [0.25, 0.3) is 0 Å². The molecule has 86 valence electrons. The van der Waals surface area contributed by atoms with E-state index in [9.17, 15) is 4.79 Å². The topological polar surface area (TPSA) is 72.7 Å². The predicted molar refractivity (Wildman–Crippen MR) is 65.2 cm³/mol. The minimum atomic E-state index is -0.273. The van der Waals surface area contributed by atoms with E-state index in [0.717, 1.165) is 0 Å². The maximum atomic E-state index is 11.2. The van der Waals surface area contributed by atoms with Gasteiger partial charge in [0.1, 0.15) is 0 Å². The van der Waals surface area contributed by atoms with Gasteiger partial charge >= 0.3 is 0 Å². The Hall–Kier alpha value is -2.15. The van der Waals surface area contributed by atoms with Gasteiger partial charge in [0.2, 0.25) is 11.1 Å². The number of hydrogen-bond donors (Lipinski definition) is 2. The Labute approximate surface area is 103 Å². The predicted octanol–water partition coefficient (Wildman–Crippen LogP) is 1.08. The van der Waals surface area contributed by atoms with E-state index in [4.69, 9.17) is 0 Å². The van der Waals surface area contributed by atoms with Crippen molar-refractivity contribution in [1.29, 1.82) is 0 Å². The van der Waals surface area contributed by atoms with Crippen molar-refractivity contribution in [3.8, 4) is 5.69 Å². The van der Waals surface area contributed by atoms with E-state index in [2.05, 4.69) is 40.0 Å². The molecule has 0 atom stereocenters. The Morgan fingerprint density at radius 3 is 3.00 bits per heavy atom. The van der Waals surface area contributed by atoms with Gasteiger partial charge in [0.05, 0.1) is 5.69 Å². The lowest BCUT2D eigenvalue weighted by Gasteiger charge is -2.05. The summed E-state index contributed by atoms with van der Waals surface area (Å²) in [4.78, 5) is 11.2. The SMILES string of the molecule is C=CC(=O)Nc1cccc(-n2nnnc2S)c1. The molecule has 1 N–H and O–H groups in total. The summed E-state index contributed by atoms with van der Waals surface area (Å²) in [5.41, 5.74) is 1.34. The van der Waals surface area contributed by atoms with Crippen LogP contribution in [0.3, 0.4) is 0 Å². The number of nitrogens with one attached hydrogen (secondary N) is 1. The van der Waals surface area contributed by atoms with Gasteiger partial charge in [-0.1, -0.05) is 12.6 Å². The summed E-state index contributed by atoms with van der Waals surface area (Å²) >= 11 is 4.11. The van der Waals surface area contributed by atoms with E-state index in [1.165, 1.54) is 10.8 Å². The summed E-state index contributed by atoms with van der Waals surface area (Å²) in [7, 11) is 0. The van der Waals surface area contributed by atoms with Gasteiger partial charge in [0, 0.05) is 5.69 Å². The standard InChI is InChI=1S/C10H9N5OS/c1-2-9(16)11-7-4-3-5-8(6-7)15-10(17)12-13-14-15/h2-6H,1H2,(H,11,16)(H,12,14,17). The number of aromatic nitrogens is 4. The molecule has 0 bridgehead atoms. The maximum absolute atomic E-state index is 11.2. The first-order valence-electron chi connectivity index (χ1n) is 4.72. The highest BCUT2D eigenvalue weighted by Crippen LogP contribution is 2.15. The Morgan fingerprint density at radius 1 is 1.53 bits per heavy atom. The normalized spacial score (nSPS) is 9.94. The lowest BCUT2D eigenvalue weighted by Crippen LogP contribution is -2.08. The quantitative estimate of drug-likeness (QED) is 0.628. The van der Waals surface area contributed by atoms with Crippen molar-refractivity contribution in [1.82, 2.24) is 20.2 Å². The van der Waals surface area contributed by atoms with Crippen LogP contribution in [0.15, 0.2) is 42.1 Å². The smallest absolute Gasteiger partial charge is 0.247 e. The first-order valence-corrected chi connectivity index (χ1v) is 5.16. The Kier molecular flexibility index (Phi) is 3.20. The molecule has 0 aliphatic carbocycles. The van der Waals surface area contributed by atoms with Crippen molar-refractivity contribution in [2.24, 2.45) is 0 Å². The highest BCUT2D eigenvalue weighted by molar-refractivity contribution is 7.80. The van der Waals surface area contributed by atoms with Crippen LogP contribution in [-0.4, -0.2) is 26.1 Å². The number of thiol groups is 1. The van der Waals surface area contributed by atoms with Gasteiger partial charge in [-0.25, -0.2) is 0 Å². The van der Waals surface area contributed by atoms with Crippen molar-refractivity contribution in [2.75, 3.05) is 5.32 Å². The summed E-state index contributed by atoms with van der Waals surface area (Å²) in [5, 5.41) is 13.9. The van der Waals surface area contributed by atoms with Gasteiger partial charge in [-0.05, 0) is 34.7 Å². The molecule has 0 fully saturated rings. The zero-order chi connectivity index (χ0) is 12.3. The molecule has 0 aliphatic heterocycles. The van der Waals surface area contributed by atoms with Crippen LogP contribution in [0, 0.1) is 0 Å². The van der Waals surface area contributed by atoms with Crippen LogP contribution < -0.4 is 5.32 Å². The molecule has 1 heterocycles. The first-order chi connectivity index (χ1) is 8.20. The molecule has 0 unspecified atom stereocenters. The molecular formula is C10H9N5OS. The molecule has 2 rings (SSSR count). The fraction of sp³-hybridized carbons (Fsp3) is 0. The Balaban J connectivity index is 2.32. The van der Waals surface area contributed by atoms with E-state index in [1.807, 2.05) is 0 Å². The second kappa shape index (κ2) is 4.79. The van der Waals surface area contributed by atoms with Crippen LogP contribution in [0.2, 0.25) is 0 Å². The fourth-order valence-corrected chi connectivity index (χ4v) is 1.45. The molecule has 0 spiro atoms.